The van der Waals surface area contributed by atoms with Crippen LogP contribution in [0.3, 0.4) is 0 Å². The summed E-state index contributed by atoms with van der Waals surface area (Å²) in [6.45, 7) is 7.65. The van der Waals surface area contributed by atoms with Crippen molar-refractivity contribution in [1.29, 1.82) is 0 Å². The molecule has 0 aliphatic rings. The molecule has 0 aromatic rings. The smallest absolute Gasteiger partial charge is 0.0266 e. The minimum absolute atomic E-state index is 1.09. The number of allylic oxidation sites excluding steroid dienone is 2. The van der Waals surface area contributed by atoms with Crippen molar-refractivity contribution >= 4 is 6.21 Å². The van der Waals surface area contributed by atoms with Crippen molar-refractivity contribution in [3.05, 3.63) is 24.4 Å². The second kappa shape index (κ2) is 5.29. The Hall–Kier alpha value is -0.850. The molecule has 0 amide bonds. The molecule has 0 N–H and O–H groups in total. The van der Waals surface area contributed by atoms with E-state index in [9.17, 15) is 0 Å². The van der Waals surface area contributed by atoms with Crippen LogP contribution in [-0.4, -0.2) is 6.21 Å². The second-order valence-corrected chi connectivity index (χ2v) is 1.85. The molecule has 0 saturated carbocycles. The fourth-order valence-corrected chi connectivity index (χ4v) is 0.349. The highest BCUT2D eigenvalue weighted by Crippen LogP contribution is 1.94. The average molecular weight is 123 g/mol. The van der Waals surface area contributed by atoms with Crippen molar-refractivity contribution < 1.29 is 0 Å². The number of nitrogens with zero attached hydrogens (tertiary/aromatic N) is 1. The van der Waals surface area contributed by atoms with Gasteiger partial charge in [-0.2, -0.15) is 0 Å². The summed E-state index contributed by atoms with van der Waals surface area (Å²) >= 11 is 0. The van der Waals surface area contributed by atoms with Crippen molar-refractivity contribution in [3.63, 3.8) is 0 Å². The summed E-state index contributed by atoms with van der Waals surface area (Å²) in [6, 6.07) is 0. The van der Waals surface area contributed by atoms with E-state index < -0.39 is 0 Å². The van der Waals surface area contributed by atoms with Gasteiger partial charge >= 0.3 is 0 Å². The van der Waals surface area contributed by atoms with Crippen LogP contribution in [0, 0.1) is 0 Å². The average Bonchev–Trinajstić information content (AvgIpc) is 1.89. The van der Waals surface area contributed by atoms with Crippen molar-refractivity contribution in [1.82, 2.24) is 0 Å². The lowest BCUT2D eigenvalue weighted by atomic mass is 10.2. The van der Waals surface area contributed by atoms with Gasteiger partial charge in [-0.25, -0.2) is 0 Å². The molecule has 0 fully saturated rings. The number of rotatable bonds is 3. The largest absolute Gasteiger partial charge is 0.265 e. The summed E-state index contributed by atoms with van der Waals surface area (Å²) in [5.74, 6) is 0. The maximum absolute atomic E-state index is 3.82. The van der Waals surface area contributed by atoms with Gasteiger partial charge in [0.2, 0.25) is 0 Å². The molecule has 0 bridgehead atoms. The second-order valence-electron chi connectivity index (χ2n) is 1.85. The van der Waals surface area contributed by atoms with Crippen LogP contribution in [0.15, 0.2) is 29.4 Å². The van der Waals surface area contributed by atoms with E-state index in [2.05, 4.69) is 25.4 Å². The van der Waals surface area contributed by atoms with Crippen LogP contribution in [0.5, 0.6) is 0 Å². The van der Waals surface area contributed by atoms with Gasteiger partial charge < -0.3 is 0 Å². The molecule has 0 radical (unpaired) electrons. The normalized spacial score (nSPS) is 12.4. The molecule has 0 spiro atoms. The van der Waals surface area contributed by atoms with Crippen LogP contribution in [-0.2, 0) is 0 Å². The molecular weight excluding hydrogens is 110 g/mol. The van der Waals surface area contributed by atoms with Crippen molar-refractivity contribution in [2.75, 3.05) is 0 Å². The van der Waals surface area contributed by atoms with Gasteiger partial charge in [-0.05, 0) is 19.4 Å². The molecule has 0 unspecified atom stereocenters. The zero-order valence-corrected chi connectivity index (χ0v) is 6.09. The maximum atomic E-state index is 3.82. The SMILES string of the molecule is C=C/N=C\C=C(\C)CC. The van der Waals surface area contributed by atoms with E-state index in [1.54, 1.807) is 6.21 Å². The van der Waals surface area contributed by atoms with Crippen LogP contribution in [0.25, 0.3) is 0 Å². The van der Waals surface area contributed by atoms with E-state index in [1.165, 1.54) is 11.8 Å². The summed E-state index contributed by atoms with van der Waals surface area (Å²) in [4.78, 5) is 3.82. The van der Waals surface area contributed by atoms with E-state index in [1.807, 2.05) is 6.08 Å². The highest BCUT2D eigenvalue weighted by molar-refractivity contribution is 5.72. The third-order valence-corrected chi connectivity index (χ3v) is 1.11. The zero-order valence-electron chi connectivity index (χ0n) is 6.09. The summed E-state index contributed by atoms with van der Waals surface area (Å²) < 4.78 is 0. The number of hydrogen-bond donors (Lipinski definition) is 0. The first-order valence-corrected chi connectivity index (χ1v) is 3.11. The monoisotopic (exact) mass is 123 g/mol. The summed E-state index contributed by atoms with van der Waals surface area (Å²) in [5, 5.41) is 0. The Bertz CT molecular complexity index is 132. The molecule has 0 aliphatic heterocycles. The first-order valence-electron chi connectivity index (χ1n) is 3.11. The minimum Gasteiger partial charge on any atom is -0.265 e. The molecule has 0 aliphatic carbocycles. The van der Waals surface area contributed by atoms with Crippen LogP contribution in [0.2, 0.25) is 0 Å². The fraction of sp³-hybridized carbons (Fsp3) is 0.375. The van der Waals surface area contributed by atoms with Gasteiger partial charge in [0.1, 0.15) is 0 Å². The fourth-order valence-electron chi connectivity index (χ4n) is 0.349. The van der Waals surface area contributed by atoms with Crippen LogP contribution >= 0.6 is 0 Å². The highest BCUT2D eigenvalue weighted by atomic mass is 14.6. The molecule has 50 valence electrons. The van der Waals surface area contributed by atoms with Gasteiger partial charge in [0.25, 0.3) is 0 Å². The molecule has 1 heteroatoms. The lowest BCUT2D eigenvalue weighted by Gasteiger charge is -1.86. The van der Waals surface area contributed by atoms with Gasteiger partial charge in [0.05, 0.1) is 0 Å². The Morgan fingerprint density at radius 2 is 2.33 bits per heavy atom. The third kappa shape index (κ3) is 5.01. The van der Waals surface area contributed by atoms with Crippen molar-refractivity contribution in [2.45, 2.75) is 20.3 Å². The van der Waals surface area contributed by atoms with Gasteiger partial charge in [0.15, 0.2) is 0 Å². The van der Waals surface area contributed by atoms with E-state index in [4.69, 9.17) is 0 Å². The molecular formula is C8H13N. The minimum atomic E-state index is 1.09. The molecule has 0 aromatic heterocycles. The lowest BCUT2D eigenvalue weighted by Crippen LogP contribution is -1.71. The van der Waals surface area contributed by atoms with Gasteiger partial charge in [-0.1, -0.05) is 19.1 Å². The molecule has 0 heterocycles. The van der Waals surface area contributed by atoms with Crippen LogP contribution in [0.1, 0.15) is 20.3 Å². The lowest BCUT2D eigenvalue weighted by molar-refractivity contribution is 1.10. The van der Waals surface area contributed by atoms with Crippen LogP contribution < -0.4 is 0 Å². The Morgan fingerprint density at radius 3 is 2.78 bits per heavy atom. The predicted octanol–water partition coefficient (Wildman–Crippen LogP) is 2.56. The molecule has 0 saturated heterocycles. The molecule has 1 nitrogen and oxygen atoms in total. The zero-order chi connectivity index (χ0) is 7.11. The topological polar surface area (TPSA) is 12.4 Å². The van der Waals surface area contributed by atoms with Gasteiger partial charge in [-0.3, -0.25) is 4.99 Å². The van der Waals surface area contributed by atoms with Gasteiger partial charge in [-0.15, -0.1) is 0 Å². The predicted molar refractivity (Wildman–Crippen MR) is 42.7 cm³/mol. The molecule has 0 atom stereocenters. The van der Waals surface area contributed by atoms with Gasteiger partial charge in [0, 0.05) is 12.4 Å². The van der Waals surface area contributed by atoms with Crippen molar-refractivity contribution in [2.24, 2.45) is 4.99 Å². The summed E-state index contributed by atoms with van der Waals surface area (Å²) in [6.07, 6.45) is 6.36. The third-order valence-electron chi connectivity index (χ3n) is 1.11. The molecule has 0 aromatic carbocycles. The highest BCUT2D eigenvalue weighted by Gasteiger charge is 1.76. The standard InChI is InChI=1S/C8H13N/c1-4-8(3)6-7-9-5-2/h5-7H,2,4H2,1,3H3/b8-6-,9-7-. The maximum Gasteiger partial charge on any atom is 0.0266 e. The Balaban J connectivity index is 3.67. The first kappa shape index (κ1) is 8.15. The van der Waals surface area contributed by atoms with Crippen LogP contribution in [0.4, 0.5) is 0 Å². The number of hydrogen-bond acceptors (Lipinski definition) is 1. The quantitative estimate of drug-likeness (QED) is 0.511. The Morgan fingerprint density at radius 1 is 1.67 bits per heavy atom. The van der Waals surface area contributed by atoms with E-state index in [0.29, 0.717) is 0 Å². The van der Waals surface area contributed by atoms with E-state index >= 15 is 0 Å². The van der Waals surface area contributed by atoms with E-state index in [0.717, 1.165) is 6.42 Å². The summed E-state index contributed by atoms with van der Waals surface area (Å²) in [5.41, 5.74) is 1.33. The summed E-state index contributed by atoms with van der Waals surface area (Å²) in [7, 11) is 0. The van der Waals surface area contributed by atoms with Crippen molar-refractivity contribution in [3.8, 4) is 0 Å². The number of aliphatic imine (C=N–C) groups is 1. The van der Waals surface area contributed by atoms with E-state index in [-0.39, 0.29) is 0 Å². The molecule has 0 rings (SSSR count). The Labute approximate surface area is 56.8 Å². The Kier molecular flexibility index (Phi) is 4.79. The molecule has 9 heavy (non-hydrogen) atoms. The first-order chi connectivity index (χ1) is 4.31.